The molecule has 0 saturated heterocycles. The van der Waals surface area contributed by atoms with Crippen LogP contribution < -0.4 is 0 Å². The fourth-order valence-corrected chi connectivity index (χ4v) is 2.73. The number of alkyl halides is 3. The van der Waals surface area contributed by atoms with Crippen LogP contribution >= 0.6 is 0 Å². The Morgan fingerprint density at radius 3 is 2.24 bits per heavy atom. The molecule has 1 aliphatic rings. The molecule has 0 saturated carbocycles. The summed E-state index contributed by atoms with van der Waals surface area (Å²) in [5.41, 5.74) is 3.80. The smallest absolute Gasteiger partial charge is 0.302 e. The van der Waals surface area contributed by atoms with Crippen molar-refractivity contribution in [1.82, 2.24) is 4.90 Å². The second kappa shape index (κ2) is 5.19. The van der Waals surface area contributed by atoms with Gasteiger partial charge in [-0.05, 0) is 47.9 Å². The van der Waals surface area contributed by atoms with Crippen molar-refractivity contribution >= 4 is 0 Å². The van der Waals surface area contributed by atoms with Crippen molar-refractivity contribution < 1.29 is 13.2 Å². The van der Waals surface area contributed by atoms with Crippen LogP contribution in [0.1, 0.15) is 16.7 Å². The molecule has 1 aliphatic heterocycles. The third kappa shape index (κ3) is 2.95. The third-order valence-electron chi connectivity index (χ3n) is 3.95. The molecule has 110 valence electrons. The predicted molar refractivity (Wildman–Crippen MR) is 76.9 cm³/mol. The lowest BCUT2D eigenvalue weighted by molar-refractivity contribution is -0.137. The first-order chi connectivity index (χ1) is 9.93. The molecule has 2 aromatic rings. The Morgan fingerprint density at radius 1 is 0.905 bits per heavy atom. The van der Waals surface area contributed by atoms with E-state index in [9.17, 15) is 13.2 Å². The Bertz CT molecular complexity index is 644. The first kappa shape index (κ1) is 14.1. The van der Waals surface area contributed by atoms with Crippen LogP contribution in [0.5, 0.6) is 0 Å². The molecule has 0 bridgehead atoms. The van der Waals surface area contributed by atoms with Crippen LogP contribution in [-0.2, 0) is 19.1 Å². The van der Waals surface area contributed by atoms with Gasteiger partial charge in [-0.1, -0.05) is 30.3 Å². The number of fused-ring (bicyclic) bond motifs is 1. The van der Waals surface area contributed by atoms with Gasteiger partial charge < -0.3 is 4.90 Å². The summed E-state index contributed by atoms with van der Waals surface area (Å²) in [6.07, 6.45) is -3.29. The number of hydrogen-bond donors (Lipinski definition) is 0. The normalized spacial score (nSPS) is 15.8. The molecule has 0 N–H and O–H groups in total. The Balaban J connectivity index is 1.91. The molecule has 1 nitrogen and oxygen atoms in total. The molecule has 0 spiro atoms. The molecule has 1 heterocycles. The quantitative estimate of drug-likeness (QED) is 0.754. The van der Waals surface area contributed by atoms with E-state index in [4.69, 9.17) is 0 Å². The summed E-state index contributed by atoms with van der Waals surface area (Å²) in [6.45, 7) is 1.95. The van der Waals surface area contributed by atoms with Crippen molar-refractivity contribution in [2.75, 3.05) is 13.6 Å². The van der Waals surface area contributed by atoms with E-state index < -0.39 is 11.7 Å². The molecule has 0 radical (unpaired) electrons. The van der Waals surface area contributed by atoms with E-state index in [0.29, 0.717) is 0 Å². The molecule has 0 fully saturated rings. The highest BCUT2D eigenvalue weighted by molar-refractivity contribution is 5.65. The lowest BCUT2D eigenvalue weighted by atomic mass is 9.94. The summed E-state index contributed by atoms with van der Waals surface area (Å²) in [5, 5.41) is 0. The van der Waals surface area contributed by atoms with E-state index in [1.165, 1.54) is 11.1 Å². The maximum absolute atomic E-state index is 12.6. The van der Waals surface area contributed by atoms with E-state index in [2.05, 4.69) is 24.1 Å². The number of rotatable bonds is 1. The Morgan fingerprint density at radius 2 is 1.57 bits per heavy atom. The zero-order chi connectivity index (χ0) is 15.0. The minimum Gasteiger partial charge on any atom is -0.302 e. The first-order valence-corrected chi connectivity index (χ1v) is 6.91. The standard InChI is InChI=1S/C17H16F3N/c1-21-9-8-14-10-13(2-3-15(14)11-21)12-4-6-16(7-5-12)17(18,19)20/h2-7,10H,8-9,11H2,1H3. The molecule has 0 aliphatic carbocycles. The number of halogens is 3. The van der Waals surface area contributed by atoms with Crippen LogP contribution in [0.3, 0.4) is 0 Å². The second-order valence-corrected chi connectivity index (χ2v) is 5.55. The maximum Gasteiger partial charge on any atom is 0.416 e. The van der Waals surface area contributed by atoms with Gasteiger partial charge in [-0.2, -0.15) is 13.2 Å². The van der Waals surface area contributed by atoms with Gasteiger partial charge in [-0.3, -0.25) is 0 Å². The predicted octanol–water partition coefficient (Wildman–Crippen LogP) is 4.36. The van der Waals surface area contributed by atoms with Gasteiger partial charge in [0, 0.05) is 13.1 Å². The summed E-state index contributed by atoms with van der Waals surface area (Å²) < 4.78 is 37.7. The molecule has 0 amide bonds. The van der Waals surface area contributed by atoms with Gasteiger partial charge in [0.1, 0.15) is 0 Å². The summed E-state index contributed by atoms with van der Waals surface area (Å²) in [4.78, 5) is 2.26. The van der Waals surface area contributed by atoms with E-state index in [-0.39, 0.29) is 0 Å². The van der Waals surface area contributed by atoms with E-state index in [1.807, 2.05) is 6.07 Å². The minimum atomic E-state index is -4.28. The number of benzene rings is 2. The maximum atomic E-state index is 12.6. The molecule has 0 unspecified atom stereocenters. The SMILES string of the molecule is CN1CCc2cc(-c3ccc(C(F)(F)F)cc3)ccc2C1. The Hall–Kier alpha value is -1.81. The summed E-state index contributed by atoms with van der Waals surface area (Å²) in [7, 11) is 2.09. The third-order valence-corrected chi connectivity index (χ3v) is 3.95. The lowest BCUT2D eigenvalue weighted by Crippen LogP contribution is -2.26. The van der Waals surface area contributed by atoms with Crippen LogP contribution in [0.4, 0.5) is 13.2 Å². The van der Waals surface area contributed by atoms with Gasteiger partial charge in [0.25, 0.3) is 0 Å². The Labute approximate surface area is 122 Å². The van der Waals surface area contributed by atoms with Gasteiger partial charge in [-0.15, -0.1) is 0 Å². The van der Waals surface area contributed by atoms with Crippen LogP contribution in [0.25, 0.3) is 11.1 Å². The highest BCUT2D eigenvalue weighted by Crippen LogP contribution is 2.32. The fraction of sp³-hybridized carbons (Fsp3) is 0.294. The van der Waals surface area contributed by atoms with Crippen molar-refractivity contribution in [3.05, 3.63) is 59.2 Å². The van der Waals surface area contributed by atoms with Crippen molar-refractivity contribution in [3.8, 4) is 11.1 Å². The highest BCUT2D eigenvalue weighted by atomic mass is 19.4. The summed E-state index contributed by atoms with van der Waals surface area (Å²) in [5.74, 6) is 0. The molecule has 4 heteroatoms. The second-order valence-electron chi connectivity index (χ2n) is 5.55. The van der Waals surface area contributed by atoms with E-state index >= 15 is 0 Å². The van der Waals surface area contributed by atoms with Crippen LogP contribution in [0, 0.1) is 0 Å². The van der Waals surface area contributed by atoms with Crippen LogP contribution in [0.2, 0.25) is 0 Å². The van der Waals surface area contributed by atoms with Crippen molar-refractivity contribution in [3.63, 3.8) is 0 Å². The topological polar surface area (TPSA) is 3.24 Å². The highest BCUT2D eigenvalue weighted by Gasteiger charge is 2.30. The van der Waals surface area contributed by atoms with Crippen molar-refractivity contribution in [2.24, 2.45) is 0 Å². The first-order valence-electron chi connectivity index (χ1n) is 6.91. The van der Waals surface area contributed by atoms with Gasteiger partial charge in [0.2, 0.25) is 0 Å². The van der Waals surface area contributed by atoms with Crippen LogP contribution in [0.15, 0.2) is 42.5 Å². The zero-order valence-corrected chi connectivity index (χ0v) is 11.7. The van der Waals surface area contributed by atoms with Gasteiger partial charge in [-0.25, -0.2) is 0 Å². The fourth-order valence-electron chi connectivity index (χ4n) is 2.73. The molecule has 0 atom stereocenters. The van der Waals surface area contributed by atoms with E-state index in [1.54, 1.807) is 12.1 Å². The van der Waals surface area contributed by atoms with Gasteiger partial charge >= 0.3 is 6.18 Å². The number of likely N-dealkylation sites (N-methyl/N-ethyl adjacent to an activating group) is 1. The van der Waals surface area contributed by atoms with E-state index in [0.717, 1.165) is 42.8 Å². The number of nitrogens with zero attached hydrogens (tertiary/aromatic N) is 1. The number of hydrogen-bond acceptors (Lipinski definition) is 1. The molecular formula is C17H16F3N. The molecule has 3 rings (SSSR count). The zero-order valence-electron chi connectivity index (χ0n) is 11.7. The monoisotopic (exact) mass is 291 g/mol. The molecular weight excluding hydrogens is 275 g/mol. The Kier molecular flexibility index (Phi) is 3.49. The minimum absolute atomic E-state index is 0.606. The summed E-state index contributed by atoms with van der Waals surface area (Å²) in [6, 6.07) is 11.5. The molecule has 21 heavy (non-hydrogen) atoms. The van der Waals surface area contributed by atoms with Crippen LogP contribution in [-0.4, -0.2) is 18.5 Å². The largest absolute Gasteiger partial charge is 0.416 e. The average Bonchev–Trinajstić information content (AvgIpc) is 2.46. The van der Waals surface area contributed by atoms with Crippen molar-refractivity contribution in [1.29, 1.82) is 0 Å². The molecule has 2 aromatic carbocycles. The molecule has 0 aromatic heterocycles. The van der Waals surface area contributed by atoms with Gasteiger partial charge in [0.15, 0.2) is 0 Å². The van der Waals surface area contributed by atoms with Crippen molar-refractivity contribution in [2.45, 2.75) is 19.1 Å². The van der Waals surface area contributed by atoms with Gasteiger partial charge in [0.05, 0.1) is 5.56 Å². The summed E-state index contributed by atoms with van der Waals surface area (Å²) >= 11 is 0. The lowest BCUT2D eigenvalue weighted by Gasteiger charge is -2.25. The average molecular weight is 291 g/mol.